The molecular weight excluding hydrogens is 324 g/mol. The second kappa shape index (κ2) is 8.12. The van der Waals surface area contributed by atoms with Gasteiger partial charge in [-0.25, -0.2) is 0 Å². The zero-order valence-electron chi connectivity index (χ0n) is 12.0. The van der Waals surface area contributed by atoms with Crippen molar-refractivity contribution in [1.29, 1.82) is 0 Å². The number of aromatic amines is 1. The van der Waals surface area contributed by atoms with Crippen LogP contribution in [0.5, 0.6) is 0 Å². The lowest BCUT2D eigenvalue weighted by Gasteiger charge is -1.97. The Morgan fingerprint density at radius 2 is 1.78 bits per heavy atom. The second-order valence-corrected chi connectivity index (χ2v) is 5.23. The highest BCUT2D eigenvalue weighted by atomic mass is 32.3. The molecule has 23 heavy (non-hydrogen) atoms. The minimum atomic E-state index is -4.67. The van der Waals surface area contributed by atoms with Gasteiger partial charge in [0, 0.05) is 23.6 Å². The summed E-state index contributed by atoms with van der Waals surface area (Å²) in [5, 5.41) is 1.20. The van der Waals surface area contributed by atoms with Gasteiger partial charge in [0.2, 0.25) is 5.96 Å². The number of aliphatic imine (C=N–C) groups is 2. The maximum absolute atomic E-state index is 8.74. The minimum absolute atomic E-state index is 0.0802. The topological polar surface area (TPSA) is 193 Å². The van der Waals surface area contributed by atoms with Crippen LogP contribution >= 0.6 is 0 Å². The summed E-state index contributed by atoms with van der Waals surface area (Å²) in [5.74, 6) is 0.0261. The number of hydrogen-bond donors (Lipinski definition) is 6. The summed E-state index contributed by atoms with van der Waals surface area (Å²) in [5.41, 5.74) is 18.2. The van der Waals surface area contributed by atoms with E-state index in [9.17, 15) is 0 Å². The molecule has 0 fully saturated rings. The zero-order chi connectivity index (χ0) is 17.5. The maximum atomic E-state index is 8.74. The van der Waals surface area contributed by atoms with Gasteiger partial charge in [0.25, 0.3) is 0 Å². The van der Waals surface area contributed by atoms with Crippen LogP contribution in [0, 0.1) is 0 Å². The molecule has 0 radical (unpaired) electrons. The Labute approximate surface area is 132 Å². The number of hydrogen-bond acceptors (Lipinski definition) is 3. The number of nitrogens with two attached hydrogens (primary N) is 3. The SMILES string of the molecule is NC(N)=NC(N)=NCCc1c[nH]c2ccccc12.O=S(=O)(O)O. The van der Waals surface area contributed by atoms with E-state index in [4.69, 9.17) is 34.7 Å². The van der Waals surface area contributed by atoms with Crippen molar-refractivity contribution < 1.29 is 17.5 Å². The van der Waals surface area contributed by atoms with Gasteiger partial charge in [-0.1, -0.05) is 18.2 Å². The summed E-state index contributed by atoms with van der Waals surface area (Å²) in [4.78, 5) is 10.9. The lowest BCUT2D eigenvalue weighted by Crippen LogP contribution is -2.26. The summed E-state index contributed by atoms with van der Waals surface area (Å²) < 4.78 is 31.6. The molecule has 0 aliphatic carbocycles. The largest absolute Gasteiger partial charge is 0.394 e. The number of fused-ring (bicyclic) bond motifs is 1. The standard InChI is InChI=1S/C12H16N6.H2O4S/c13-11(14)18-12(15)16-6-5-8-7-17-10-4-2-1-3-9(8)10;1-5(2,3)4/h1-4,7,17H,5-6H2,(H6,13,14,15,16,18);(H2,1,2,3,4). The van der Waals surface area contributed by atoms with E-state index >= 15 is 0 Å². The normalized spacial score (nSPS) is 11.7. The summed E-state index contributed by atoms with van der Waals surface area (Å²) in [6, 6.07) is 8.12. The van der Waals surface area contributed by atoms with E-state index in [-0.39, 0.29) is 11.9 Å². The number of nitrogens with zero attached hydrogens (tertiary/aromatic N) is 2. The van der Waals surface area contributed by atoms with E-state index in [1.165, 1.54) is 10.9 Å². The molecule has 0 bridgehead atoms. The van der Waals surface area contributed by atoms with Crippen LogP contribution in [-0.4, -0.2) is 41.0 Å². The van der Waals surface area contributed by atoms with Gasteiger partial charge in [0.05, 0.1) is 0 Å². The maximum Gasteiger partial charge on any atom is 0.394 e. The van der Waals surface area contributed by atoms with Crippen LogP contribution in [-0.2, 0) is 16.8 Å². The third kappa shape index (κ3) is 7.80. The van der Waals surface area contributed by atoms with Crippen LogP contribution < -0.4 is 17.2 Å². The molecule has 0 saturated carbocycles. The number of guanidine groups is 2. The van der Waals surface area contributed by atoms with Crippen molar-refractivity contribution >= 4 is 33.2 Å². The van der Waals surface area contributed by atoms with Gasteiger partial charge >= 0.3 is 10.4 Å². The van der Waals surface area contributed by atoms with E-state index in [0.29, 0.717) is 6.54 Å². The molecule has 1 heterocycles. The molecule has 1 aromatic heterocycles. The molecular formula is C12H18N6O4S. The molecule has 10 nitrogen and oxygen atoms in total. The van der Waals surface area contributed by atoms with Gasteiger partial charge < -0.3 is 22.2 Å². The molecule has 0 atom stereocenters. The van der Waals surface area contributed by atoms with Crippen LogP contribution in [0.25, 0.3) is 10.9 Å². The number of rotatable bonds is 3. The molecule has 0 unspecified atom stereocenters. The number of nitrogens with one attached hydrogen (secondary N) is 1. The van der Waals surface area contributed by atoms with Gasteiger partial charge in [0.15, 0.2) is 5.96 Å². The highest BCUT2D eigenvalue weighted by Crippen LogP contribution is 2.17. The Bertz CT molecular complexity index is 800. The lowest BCUT2D eigenvalue weighted by atomic mass is 10.1. The first-order valence-corrected chi connectivity index (χ1v) is 7.71. The first-order valence-electron chi connectivity index (χ1n) is 6.31. The Morgan fingerprint density at radius 3 is 2.39 bits per heavy atom. The fourth-order valence-electron chi connectivity index (χ4n) is 1.80. The van der Waals surface area contributed by atoms with Crippen LogP contribution in [0.2, 0.25) is 0 Å². The fourth-order valence-corrected chi connectivity index (χ4v) is 1.80. The first kappa shape index (κ1) is 18.4. The predicted molar refractivity (Wildman–Crippen MR) is 88.5 cm³/mol. The van der Waals surface area contributed by atoms with Gasteiger partial charge in [-0.2, -0.15) is 13.4 Å². The van der Waals surface area contributed by atoms with Crippen molar-refractivity contribution in [2.45, 2.75) is 6.42 Å². The average molecular weight is 342 g/mol. The van der Waals surface area contributed by atoms with Gasteiger partial charge in [0.1, 0.15) is 0 Å². The minimum Gasteiger partial charge on any atom is -0.370 e. The summed E-state index contributed by atoms with van der Waals surface area (Å²) in [6.45, 7) is 0.546. The van der Waals surface area contributed by atoms with E-state index in [1.54, 1.807) is 0 Å². The molecule has 0 aliphatic rings. The molecule has 0 aliphatic heterocycles. The van der Waals surface area contributed by atoms with Crippen LogP contribution in [0.3, 0.4) is 0 Å². The zero-order valence-corrected chi connectivity index (χ0v) is 12.9. The number of benzene rings is 1. The van der Waals surface area contributed by atoms with Gasteiger partial charge in [-0.3, -0.25) is 14.1 Å². The molecule has 2 rings (SSSR count). The van der Waals surface area contributed by atoms with E-state index in [1.807, 2.05) is 24.4 Å². The van der Waals surface area contributed by atoms with E-state index in [0.717, 1.165) is 11.9 Å². The Hall–Kier alpha value is -2.63. The molecule has 0 amide bonds. The quantitative estimate of drug-likeness (QED) is 0.249. The molecule has 0 saturated heterocycles. The fraction of sp³-hybridized carbons (Fsp3) is 0.167. The molecule has 0 spiro atoms. The average Bonchev–Trinajstić information content (AvgIpc) is 2.79. The van der Waals surface area contributed by atoms with Crippen molar-refractivity contribution in [2.24, 2.45) is 27.2 Å². The Kier molecular flexibility index (Phi) is 6.50. The predicted octanol–water partition coefficient (Wildman–Crippen LogP) is -0.354. The Morgan fingerprint density at radius 1 is 1.17 bits per heavy atom. The summed E-state index contributed by atoms with van der Waals surface area (Å²) in [7, 11) is -4.67. The molecule has 11 heteroatoms. The van der Waals surface area contributed by atoms with Gasteiger partial charge in [-0.05, 0) is 18.1 Å². The van der Waals surface area contributed by atoms with E-state index in [2.05, 4.69) is 21.0 Å². The molecule has 9 N–H and O–H groups in total. The number of para-hydroxylation sites is 1. The number of aromatic nitrogens is 1. The Balaban J connectivity index is 0.000000463. The lowest BCUT2D eigenvalue weighted by molar-refractivity contribution is 0.381. The monoisotopic (exact) mass is 342 g/mol. The third-order valence-electron chi connectivity index (χ3n) is 2.57. The summed E-state index contributed by atoms with van der Waals surface area (Å²) in [6.07, 6.45) is 2.77. The first-order chi connectivity index (χ1) is 10.7. The van der Waals surface area contributed by atoms with Crippen molar-refractivity contribution in [3.05, 3.63) is 36.0 Å². The van der Waals surface area contributed by atoms with Crippen LogP contribution in [0.15, 0.2) is 40.4 Å². The van der Waals surface area contributed by atoms with Crippen molar-refractivity contribution in [3.63, 3.8) is 0 Å². The van der Waals surface area contributed by atoms with Gasteiger partial charge in [-0.15, -0.1) is 0 Å². The van der Waals surface area contributed by atoms with Crippen molar-refractivity contribution in [1.82, 2.24) is 4.98 Å². The highest BCUT2D eigenvalue weighted by Gasteiger charge is 2.01. The van der Waals surface area contributed by atoms with E-state index < -0.39 is 10.4 Å². The molecule has 2 aromatic rings. The van der Waals surface area contributed by atoms with Crippen molar-refractivity contribution in [2.75, 3.05) is 6.54 Å². The van der Waals surface area contributed by atoms with Crippen LogP contribution in [0.1, 0.15) is 5.56 Å². The molecule has 126 valence electrons. The van der Waals surface area contributed by atoms with Crippen molar-refractivity contribution in [3.8, 4) is 0 Å². The summed E-state index contributed by atoms with van der Waals surface area (Å²) >= 11 is 0. The van der Waals surface area contributed by atoms with Crippen LogP contribution in [0.4, 0.5) is 0 Å². The highest BCUT2D eigenvalue weighted by molar-refractivity contribution is 7.79. The molecule has 1 aromatic carbocycles. The number of H-pyrrole nitrogens is 1. The third-order valence-corrected chi connectivity index (χ3v) is 2.57. The smallest absolute Gasteiger partial charge is 0.370 e. The second-order valence-electron chi connectivity index (χ2n) is 4.33.